The van der Waals surface area contributed by atoms with Crippen LogP contribution in [0.3, 0.4) is 0 Å². The summed E-state index contributed by atoms with van der Waals surface area (Å²) < 4.78 is 0. The molecule has 2 N–H and O–H groups in total. The molecule has 6 nitrogen and oxygen atoms in total. The van der Waals surface area contributed by atoms with Gasteiger partial charge in [-0.1, -0.05) is 37.9 Å². The number of unbranched alkanes of at least 4 members (excludes halogenated alkanes) is 3. The number of nitrogens with one attached hydrogen (secondary N) is 2. The quantitative estimate of drug-likeness (QED) is 0.330. The second kappa shape index (κ2) is 14.4. The van der Waals surface area contributed by atoms with E-state index in [0.717, 1.165) is 70.1 Å². The van der Waals surface area contributed by atoms with Crippen LogP contribution in [0.4, 0.5) is 11.8 Å². The number of halogens is 1. The van der Waals surface area contributed by atoms with Gasteiger partial charge in [-0.3, -0.25) is 0 Å². The number of aromatic nitrogens is 2. The van der Waals surface area contributed by atoms with Crippen LogP contribution in [0.1, 0.15) is 58.8 Å². The molecule has 0 atom stereocenters. The number of hydrogen-bond acceptors (Lipinski definition) is 6. The van der Waals surface area contributed by atoms with Gasteiger partial charge in [0.05, 0.1) is 6.20 Å². The van der Waals surface area contributed by atoms with E-state index in [4.69, 9.17) is 11.6 Å². The van der Waals surface area contributed by atoms with Crippen molar-refractivity contribution in [3.05, 3.63) is 23.0 Å². The molecule has 0 bridgehead atoms. The van der Waals surface area contributed by atoms with E-state index >= 15 is 0 Å². The molecule has 0 radical (unpaired) electrons. The molecule has 0 aliphatic rings. The van der Waals surface area contributed by atoms with Crippen LogP contribution in [0.5, 0.6) is 0 Å². The van der Waals surface area contributed by atoms with Crippen molar-refractivity contribution in [2.45, 2.75) is 58.8 Å². The highest BCUT2D eigenvalue weighted by molar-refractivity contribution is 6.32. The number of rotatable bonds is 15. The van der Waals surface area contributed by atoms with Crippen molar-refractivity contribution < 1.29 is 4.79 Å². The monoisotopic (exact) mass is 395 g/mol. The number of aldehydes is 1. The number of carbonyl (C=O) groups is 1. The normalized spacial score (nSPS) is 11.7. The molecule has 27 heavy (non-hydrogen) atoms. The Morgan fingerprint density at radius 3 is 2.70 bits per heavy atom. The van der Waals surface area contributed by atoms with E-state index in [1.54, 1.807) is 6.20 Å². The summed E-state index contributed by atoms with van der Waals surface area (Å²) in [6.45, 7) is 7.08. The molecule has 0 aromatic carbocycles. The summed E-state index contributed by atoms with van der Waals surface area (Å²) >= 11 is 6.21. The fraction of sp³-hybridized carbons (Fsp3) is 0.650. The van der Waals surface area contributed by atoms with Gasteiger partial charge in [0, 0.05) is 18.7 Å². The minimum absolute atomic E-state index is 0.529. The second-order valence-corrected chi connectivity index (χ2v) is 7.01. The largest absolute Gasteiger partial charge is 0.369 e. The Labute approximate surface area is 168 Å². The van der Waals surface area contributed by atoms with Crippen LogP contribution in [0, 0.1) is 0 Å². The third-order valence-electron chi connectivity index (χ3n) is 4.22. The van der Waals surface area contributed by atoms with Gasteiger partial charge in [0.2, 0.25) is 5.95 Å². The zero-order valence-corrected chi connectivity index (χ0v) is 17.7. The van der Waals surface area contributed by atoms with Crippen LogP contribution in [0.2, 0.25) is 5.02 Å². The summed E-state index contributed by atoms with van der Waals surface area (Å²) in [6, 6.07) is 0. The molecule has 0 aliphatic carbocycles. The van der Waals surface area contributed by atoms with Gasteiger partial charge < -0.3 is 20.3 Å². The van der Waals surface area contributed by atoms with E-state index in [1.807, 2.05) is 0 Å². The summed E-state index contributed by atoms with van der Waals surface area (Å²) in [5, 5.41) is 7.09. The highest BCUT2D eigenvalue weighted by Crippen LogP contribution is 2.20. The molecule has 0 amide bonds. The summed E-state index contributed by atoms with van der Waals surface area (Å²) in [5.41, 5.74) is 1.11. The topological polar surface area (TPSA) is 70.2 Å². The van der Waals surface area contributed by atoms with Gasteiger partial charge in [-0.15, -0.1) is 0 Å². The fourth-order valence-corrected chi connectivity index (χ4v) is 2.84. The molecule has 0 spiro atoms. The Bertz CT molecular complexity index is 579. The number of nitrogens with zero attached hydrogens (tertiary/aromatic N) is 3. The van der Waals surface area contributed by atoms with Crippen LogP contribution >= 0.6 is 11.6 Å². The minimum atomic E-state index is 0.529. The number of hydrogen-bond donors (Lipinski definition) is 2. The molecule has 0 saturated carbocycles. The molecule has 0 unspecified atom stereocenters. The van der Waals surface area contributed by atoms with Gasteiger partial charge in [-0.25, -0.2) is 4.98 Å². The predicted octanol–water partition coefficient (Wildman–Crippen LogP) is 4.74. The average molecular weight is 396 g/mol. The Kier molecular flexibility index (Phi) is 12.5. The predicted molar refractivity (Wildman–Crippen MR) is 114 cm³/mol. The lowest BCUT2D eigenvalue weighted by Crippen LogP contribution is -2.23. The molecule has 1 aromatic rings. The van der Waals surface area contributed by atoms with Crippen molar-refractivity contribution in [1.29, 1.82) is 0 Å². The standard InChI is InChI=1S/C20H34ClN5O/c1-4-11-17(5-2)24-20-23-16-18(21)19(25-20)22-12-10-14-26(3)13-8-6-7-9-15-27/h11,15-16H,4-10,12-14H2,1-3H3,(H2,22,23,24,25)/b17-11+. The maximum absolute atomic E-state index is 10.3. The van der Waals surface area contributed by atoms with Gasteiger partial charge in [0.25, 0.3) is 0 Å². The lowest BCUT2D eigenvalue weighted by molar-refractivity contribution is -0.107. The molecular weight excluding hydrogens is 362 g/mol. The van der Waals surface area contributed by atoms with Gasteiger partial charge in [0.1, 0.15) is 17.1 Å². The molecule has 0 aliphatic heterocycles. The second-order valence-electron chi connectivity index (χ2n) is 6.61. The Hall–Kier alpha value is -1.66. The van der Waals surface area contributed by atoms with Gasteiger partial charge in [-0.2, -0.15) is 4.98 Å². The zero-order chi connectivity index (χ0) is 19.9. The summed E-state index contributed by atoms with van der Waals surface area (Å²) in [5.74, 6) is 1.23. The Balaban J connectivity index is 2.36. The van der Waals surface area contributed by atoms with E-state index in [9.17, 15) is 4.79 Å². The average Bonchev–Trinajstić information content (AvgIpc) is 2.66. The van der Waals surface area contributed by atoms with Crippen LogP contribution in [0.15, 0.2) is 18.0 Å². The van der Waals surface area contributed by atoms with Crippen molar-refractivity contribution in [3.8, 4) is 0 Å². The van der Waals surface area contributed by atoms with Crippen molar-refractivity contribution in [2.24, 2.45) is 0 Å². The van der Waals surface area contributed by atoms with E-state index in [2.05, 4.69) is 52.5 Å². The van der Waals surface area contributed by atoms with Gasteiger partial charge in [-0.05, 0) is 52.2 Å². The molecule has 0 saturated heterocycles. The summed E-state index contributed by atoms with van der Waals surface area (Å²) in [6.07, 6.45) is 11.6. The van der Waals surface area contributed by atoms with Crippen LogP contribution in [-0.2, 0) is 4.79 Å². The van der Waals surface area contributed by atoms with Crippen LogP contribution < -0.4 is 10.6 Å². The first kappa shape index (κ1) is 23.4. The van der Waals surface area contributed by atoms with E-state index in [-0.39, 0.29) is 0 Å². The third kappa shape index (κ3) is 10.3. The molecule has 1 aromatic heterocycles. The van der Waals surface area contributed by atoms with E-state index in [0.29, 0.717) is 23.2 Å². The van der Waals surface area contributed by atoms with Crippen LogP contribution in [0.25, 0.3) is 0 Å². The lowest BCUT2D eigenvalue weighted by atomic mass is 10.2. The zero-order valence-electron chi connectivity index (χ0n) is 16.9. The molecule has 1 rings (SSSR count). The van der Waals surface area contributed by atoms with Gasteiger partial charge in [0.15, 0.2) is 0 Å². The first-order valence-corrected chi connectivity index (χ1v) is 10.3. The number of allylic oxidation sites excluding steroid dienone is 2. The fourth-order valence-electron chi connectivity index (χ4n) is 2.68. The molecular formula is C20H34ClN5O. The highest BCUT2D eigenvalue weighted by atomic mass is 35.5. The number of carbonyl (C=O) groups excluding carboxylic acids is 1. The summed E-state index contributed by atoms with van der Waals surface area (Å²) in [4.78, 5) is 21.4. The van der Waals surface area contributed by atoms with Gasteiger partial charge >= 0.3 is 0 Å². The van der Waals surface area contributed by atoms with E-state index in [1.165, 1.54) is 0 Å². The maximum Gasteiger partial charge on any atom is 0.228 e. The van der Waals surface area contributed by atoms with Crippen molar-refractivity contribution in [2.75, 3.05) is 37.3 Å². The molecule has 0 fully saturated rings. The minimum Gasteiger partial charge on any atom is -0.369 e. The SMILES string of the molecule is CC/C=C(\CC)Nc1ncc(Cl)c(NCCCN(C)CCCCCC=O)n1. The highest BCUT2D eigenvalue weighted by Gasteiger charge is 2.06. The molecule has 1 heterocycles. The Morgan fingerprint density at radius 2 is 2.00 bits per heavy atom. The first-order chi connectivity index (χ1) is 13.1. The van der Waals surface area contributed by atoms with Crippen LogP contribution in [-0.4, -0.2) is 47.8 Å². The summed E-state index contributed by atoms with van der Waals surface area (Å²) in [7, 11) is 2.13. The smallest absolute Gasteiger partial charge is 0.228 e. The van der Waals surface area contributed by atoms with Crippen molar-refractivity contribution in [3.63, 3.8) is 0 Å². The Morgan fingerprint density at radius 1 is 1.22 bits per heavy atom. The molecule has 7 heteroatoms. The lowest BCUT2D eigenvalue weighted by Gasteiger charge is -2.17. The third-order valence-corrected chi connectivity index (χ3v) is 4.50. The maximum atomic E-state index is 10.3. The number of anilines is 2. The molecule has 152 valence electrons. The van der Waals surface area contributed by atoms with Crippen molar-refractivity contribution >= 4 is 29.7 Å². The van der Waals surface area contributed by atoms with E-state index < -0.39 is 0 Å². The first-order valence-electron chi connectivity index (χ1n) is 9.95. The van der Waals surface area contributed by atoms with Crippen molar-refractivity contribution in [1.82, 2.24) is 14.9 Å².